The van der Waals surface area contributed by atoms with E-state index in [1.165, 1.54) is 19.6 Å². The summed E-state index contributed by atoms with van der Waals surface area (Å²) in [5, 5.41) is 0. The van der Waals surface area contributed by atoms with Crippen molar-refractivity contribution in [1.82, 2.24) is 9.55 Å². The number of aryl methyl sites for hydroxylation is 1. The number of ether oxygens (including phenoxy) is 2. The van der Waals surface area contributed by atoms with Gasteiger partial charge in [-0.15, -0.1) is 0 Å². The summed E-state index contributed by atoms with van der Waals surface area (Å²) in [6.45, 7) is 1.61. The largest absolute Gasteiger partial charge is 0.494 e. The second-order valence-electron chi connectivity index (χ2n) is 5.36. The van der Waals surface area contributed by atoms with Gasteiger partial charge in [-0.25, -0.2) is 4.39 Å². The van der Waals surface area contributed by atoms with Crippen LogP contribution in [0.1, 0.15) is 25.7 Å². The molecule has 0 bridgehead atoms. The van der Waals surface area contributed by atoms with Gasteiger partial charge in [0.15, 0.2) is 16.3 Å². The molecular formula is C15H19FN2O2S. The molecule has 0 spiro atoms. The first kappa shape index (κ1) is 14.5. The highest BCUT2D eigenvalue weighted by atomic mass is 32.1. The van der Waals surface area contributed by atoms with Crippen molar-refractivity contribution in [3.05, 3.63) is 22.7 Å². The number of nitrogens with one attached hydrogen (secondary N) is 1. The highest BCUT2D eigenvalue weighted by Gasteiger charge is 2.15. The summed E-state index contributed by atoms with van der Waals surface area (Å²) in [4.78, 5) is 3.05. The molecule has 3 rings (SSSR count). The Morgan fingerprint density at radius 3 is 3.05 bits per heavy atom. The van der Waals surface area contributed by atoms with Crippen LogP contribution >= 0.6 is 12.2 Å². The smallest absolute Gasteiger partial charge is 0.178 e. The van der Waals surface area contributed by atoms with Crippen LogP contribution in [0.2, 0.25) is 0 Å². The van der Waals surface area contributed by atoms with Crippen molar-refractivity contribution in [3.8, 4) is 5.75 Å². The molecule has 1 unspecified atom stereocenters. The van der Waals surface area contributed by atoms with E-state index in [0.29, 0.717) is 16.4 Å². The number of H-pyrrole nitrogens is 1. The van der Waals surface area contributed by atoms with Gasteiger partial charge in [0, 0.05) is 25.3 Å². The number of imidazole rings is 1. The van der Waals surface area contributed by atoms with Gasteiger partial charge in [0.25, 0.3) is 0 Å². The van der Waals surface area contributed by atoms with Crippen molar-refractivity contribution in [1.29, 1.82) is 0 Å². The van der Waals surface area contributed by atoms with Gasteiger partial charge in [-0.1, -0.05) is 0 Å². The summed E-state index contributed by atoms with van der Waals surface area (Å²) in [5.41, 5.74) is 1.57. The van der Waals surface area contributed by atoms with Gasteiger partial charge in [0.1, 0.15) is 0 Å². The van der Waals surface area contributed by atoms with Crippen molar-refractivity contribution in [2.24, 2.45) is 0 Å². The van der Waals surface area contributed by atoms with Gasteiger partial charge in [-0.3, -0.25) is 0 Å². The molecule has 0 amide bonds. The quantitative estimate of drug-likeness (QED) is 0.873. The molecule has 114 valence electrons. The van der Waals surface area contributed by atoms with Crippen molar-refractivity contribution < 1.29 is 13.9 Å². The molecule has 6 heteroatoms. The minimum atomic E-state index is -0.385. The van der Waals surface area contributed by atoms with E-state index in [1.807, 2.05) is 4.57 Å². The molecule has 1 aliphatic heterocycles. The third-order valence-electron chi connectivity index (χ3n) is 4.00. The zero-order chi connectivity index (χ0) is 14.8. The highest BCUT2D eigenvalue weighted by molar-refractivity contribution is 7.71. The molecule has 1 fully saturated rings. The molecule has 1 aliphatic rings. The van der Waals surface area contributed by atoms with E-state index in [-0.39, 0.29) is 11.6 Å². The number of aromatic nitrogens is 2. The Bertz CT molecular complexity index is 689. The number of rotatable bonds is 4. The summed E-state index contributed by atoms with van der Waals surface area (Å²) in [5.74, 6) is -0.150. The van der Waals surface area contributed by atoms with Crippen molar-refractivity contribution >= 4 is 23.3 Å². The Balaban J connectivity index is 1.86. The van der Waals surface area contributed by atoms with Gasteiger partial charge in [0.05, 0.1) is 24.2 Å². The van der Waals surface area contributed by atoms with Crippen LogP contribution in [0.15, 0.2) is 12.1 Å². The maximum atomic E-state index is 13.7. The number of methoxy groups -OCH3 is 1. The first-order valence-corrected chi connectivity index (χ1v) is 7.67. The van der Waals surface area contributed by atoms with E-state index in [9.17, 15) is 4.39 Å². The number of hydrogen-bond donors (Lipinski definition) is 1. The molecule has 2 heterocycles. The molecule has 21 heavy (non-hydrogen) atoms. The zero-order valence-electron chi connectivity index (χ0n) is 12.0. The number of hydrogen-bond acceptors (Lipinski definition) is 3. The lowest BCUT2D eigenvalue weighted by atomic mass is 10.1. The summed E-state index contributed by atoms with van der Waals surface area (Å²) < 4.78 is 27.1. The van der Waals surface area contributed by atoms with Crippen LogP contribution in [0, 0.1) is 10.6 Å². The summed E-state index contributed by atoms with van der Waals surface area (Å²) in [7, 11) is 1.46. The third kappa shape index (κ3) is 2.96. The first-order valence-electron chi connectivity index (χ1n) is 7.26. The van der Waals surface area contributed by atoms with Crippen LogP contribution in [-0.4, -0.2) is 29.4 Å². The standard InChI is InChI=1S/C15H19FN2O2S/c1-19-14-9-13-12(8-11(14)16)17-15(21)18(13)6-5-10-4-2-3-7-20-10/h8-10H,2-7H2,1H3,(H,17,21). The fourth-order valence-electron chi connectivity index (χ4n) is 2.84. The molecule has 1 aromatic heterocycles. The van der Waals surface area contributed by atoms with Crippen LogP contribution in [0.4, 0.5) is 4.39 Å². The first-order chi connectivity index (χ1) is 10.2. The molecule has 1 saturated heterocycles. The van der Waals surface area contributed by atoms with Crippen LogP contribution < -0.4 is 4.74 Å². The van der Waals surface area contributed by atoms with Crippen LogP contribution in [0.25, 0.3) is 11.0 Å². The Kier molecular flexibility index (Phi) is 4.26. The maximum Gasteiger partial charge on any atom is 0.178 e. The Morgan fingerprint density at radius 1 is 1.48 bits per heavy atom. The van der Waals surface area contributed by atoms with Crippen LogP contribution in [-0.2, 0) is 11.3 Å². The zero-order valence-corrected chi connectivity index (χ0v) is 12.8. The molecule has 1 atom stereocenters. The van der Waals surface area contributed by atoms with E-state index >= 15 is 0 Å². The molecular weight excluding hydrogens is 291 g/mol. The van der Waals surface area contributed by atoms with E-state index in [2.05, 4.69) is 4.98 Å². The number of fused-ring (bicyclic) bond motifs is 1. The molecule has 1 aromatic carbocycles. The average molecular weight is 310 g/mol. The van der Waals surface area contributed by atoms with Gasteiger partial charge in [-0.2, -0.15) is 0 Å². The SMILES string of the molecule is COc1cc2c(cc1F)[nH]c(=S)n2CCC1CCCCO1. The summed E-state index contributed by atoms with van der Waals surface area (Å²) in [6, 6.07) is 3.12. The minimum absolute atomic E-state index is 0.235. The highest BCUT2D eigenvalue weighted by Crippen LogP contribution is 2.25. The number of nitrogens with zero attached hydrogens (tertiary/aromatic N) is 1. The number of aromatic amines is 1. The molecule has 4 nitrogen and oxygen atoms in total. The van der Waals surface area contributed by atoms with Gasteiger partial charge < -0.3 is 19.0 Å². The van der Waals surface area contributed by atoms with Crippen LogP contribution in [0.5, 0.6) is 5.75 Å². The fourth-order valence-corrected chi connectivity index (χ4v) is 3.14. The van der Waals surface area contributed by atoms with Gasteiger partial charge in [-0.05, 0) is 37.9 Å². The monoisotopic (exact) mass is 310 g/mol. The summed E-state index contributed by atoms with van der Waals surface area (Å²) in [6.07, 6.45) is 4.70. The van der Waals surface area contributed by atoms with E-state index in [0.717, 1.165) is 37.9 Å². The van der Waals surface area contributed by atoms with Crippen molar-refractivity contribution in [2.75, 3.05) is 13.7 Å². The van der Waals surface area contributed by atoms with Crippen molar-refractivity contribution in [3.63, 3.8) is 0 Å². The Labute approximate surface area is 127 Å². The normalized spacial score (nSPS) is 19.0. The topological polar surface area (TPSA) is 39.2 Å². The lowest BCUT2D eigenvalue weighted by molar-refractivity contribution is 0.00892. The third-order valence-corrected chi connectivity index (χ3v) is 4.32. The Morgan fingerprint density at radius 2 is 2.33 bits per heavy atom. The number of halogens is 1. The van der Waals surface area contributed by atoms with E-state index in [1.54, 1.807) is 6.07 Å². The fraction of sp³-hybridized carbons (Fsp3) is 0.533. The number of benzene rings is 1. The average Bonchev–Trinajstić information content (AvgIpc) is 2.79. The lowest BCUT2D eigenvalue weighted by Gasteiger charge is -2.22. The predicted molar refractivity (Wildman–Crippen MR) is 81.8 cm³/mol. The lowest BCUT2D eigenvalue weighted by Crippen LogP contribution is -2.20. The van der Waals surface area contributed by atoms with Gasteiger partial charge >= 0.3 is 0 Å². The molecule has 2 aromatic rings. The minimum Gasteiger partial charge on any atom is -0.494 e. The van der Waals surface area contributed by atoms with Crippen LogP contribution in [0.3, 0.4) is 0 Å². The Hall–Kier alpha value is -1.40. The molecule has 1 N–H and O–H groups in total. The molecule has 0 radical (unpaired) electrons. The predicted octanol–water partition coefficient (Wildman–Crippen LogP) is 3.81. The van der Waals surface area contributed by atoms with Gasteiger partial charge in [0.2, 0.25) is 0 Å². The maximum absolute atomic E-state index is 13.7. The molecule has 0 saturated carbocycles. The van der Waals surface area contributed by atoms with E-state index < -0.39 is 0 Å². The second kappa shape index (κ2) is 6.15. The van der Waals surface area contributed by atoms with E-state index in [4.69, 9.17) is 21.7 Å². The molecule has 0 aliphatic carbocycles. The summed E-state index contributed by atoms with van der Waals surface area (Å²) >= 11 is 5.35. The second-order valence-corrected chi connectivity index (χ2v) is 5.75. The van der Waals surface area contributed by atoms with Crippen molar-refractivity contribution in [2.45, 2.75) is 38.3 Å².